The first-order chi connectivity index (χ1) is 12.5. The highest BCUT2D eigenvalue weighted by Crippen LogP contribution is 2.23. The van der Waals surface area contributed by atoms with Gasteiger partial charge in [-0.25, -0.2) is 0 Å². The lowest BCUT2D eigenvalue weighted by Crippen LogP contribution is -2.15. The second kappa shape index (κ2) is 26.3. The van der Waals surface area contributed by atoms with Crippen LogP contribution in [0.5, 0.6) is 0 Å². The summed E-state index contributed by atoms with van der Waals surface area (Å²) < 4.78 is 15.6. The molecule has 0 aromatic carbocycles. The standard InChI is InChI=1S/C10H21NO4.C5H8O.C3H8.C2H6/c1-9(2)15-8-7-14-6-5-13-4-3-10(11)12;6-4-5-2-1-3-5;1-3-2;1-2/h9H,3-8H2,1-2H3,(H2,11,12);4-5H,1-3H2;3H2,1-2H3;1-2H3. The van der Waals surface area contributed by atoms with Crippen LogP contribution < -0.4 is 5.73 Å². The number of hydrogen-bond acceptors (Lipinski definition) is 5. The first-order valence-electron chi connectivity index (χ1n) is 9.98. The van der Waals surface area contributed by atoms with E-state index in [4.69, 9.17) is 19.9 Å². The SMILES string of the molecule is CC.CC(C)OCCOCCOCCC(N)=O.CCC.O=CC1CCC1. The van der Waals surface area contributed by atoms with Crippen molar-refractivity contribution in [1.82, 2.24) is 0 Å². The average Bonchev–Trinajstić information content (AvgIpc) is 2.55. The summed E-state index contributed by atoms with van der Waals surface area (Å²) in [5.41, 5.74) is 4.93. The summed E-state index contributed by atoms with van der Waals surface area (Å²) >= 11 is 0. The predicted molar refractivity (Wildman–Crippen MR) is 107 cm³/mol. The van der Waals surface area contributed by atoms with Gasteiger partial charge in [-0.15, -0.1) is 0 Å². The van der Waals surface area contributed by atoms with Gasteiger partial charge in [0, 0.05) is 12.3 Å². The van der Waals surface area contributed by atoms with E-state index in [1.54, 1.807) is 0 Å². The van der Waals surface area contributed by atoms with Crippen LogP contribution in [0.2, 0.25) is 0 Å². The zero-order valence-corrected chi connectivity index (χ0v) is 17.9. The first-order valence-corrected chi connectivity index (χ1v) is 9.98. The molecule has 2 N–H and O–H groups in total. The number of nitrogens with two attached hydrogens (primary N) is 1. The lowest BCUT2D eigenvalue weighted by Gasteiger charge is -2.17. The Morgan fingerprint density at radius 1 is 1.04 bits per heavy atom. The van der Waals surface area contributed by atoms with Crippen LogP contribution in [0.1, 0.15) is 73.6 Å². The maximum atomic E-state index is 10.3. The minimum absolute atomic E-state index is 0.236. The average molecular weight is 378 g/mol. The summed E-state index contributed by atoms with van der Waals surface area (Å²) in [6.45, 7) is 14.7. The van der Waals surface area contributed by atoms with Gasteiger partial charge in [-0.1, -0.05) is 40.5 Å². The van der Waals surface area contributed by atoms with Crippen molar-refractivity contribution in [2.24, 2.45) is 11.7 Å². The highest BCUT2D eigenvalue weighted by atomic mass is 16.5. The van der Waals surface area contributed by atoms with Crippen molar-refractivity contribution in [3.05, 3.63) is 0 Å². The van der Waals surface area contributed by atoms with Crippen molar-refractivity contribution in [3.8, 4) is 0 Å². The maximum Gasteiger partial charge on any atom is 0.219 e. The second-order valence-electron chi connectivity index (χ2n) is 5.89. The van der Waals surface area contributed by atoms with Crippen molar-refractivity contribution in [1.29, 1.82) is 0 Å². The van der Waals surface area contributed by atoms with Gasteiger partial charge in [0.1, 0.15) is 6.29 Å². The van der Waals surface area contributed by atoms with Gasteiger partial charge >= 0.3 is 0 Å². The fourth-order valence-corrected chi connectivity index (χ4v) is 1.41. The zero-order chi connectivity index (χ0) is 20.6. The molecule has 0 bridgehead atoms. The van der Waals surface area contributed by atoms with Crippen LogP contribution in [0.15, 0.2) is 0 Å². The molecule has 1 fully saturated rings. The van der Waals surface area contributed by atoms with Gasteiger partial charge in [-0.2, -0.15) is 0 Å². The minimum atomic E-state index is -0.346. The summed E-state index contributed by atoms with van der Waals surface area (Å²) in [6, 6.07) is 0. The molecule has 0 radical (unpaired) electrons. The van der Waals surface area contributed by atoms with Gasteiger partial charge in [0.05, 0.1) is 39.1 Å². The Balaban J connectivity index is -0.000000391. The van der Waals surface area contributed by atoms with E-state index in [-0.39, 0.29) is 18.4 Å². The van der Waals surface area contributed by atoms with E-state index in [0.29, 0.717) is 39.0 Å². The normalized spacial score (nSPS) is 12.4. The topological polar surface area (TPSA) is 87.8 Å². The molecule has 0 heterocycles. The molecule has 1 rings (SSSR count). The molecular formula is C20H43NO5. The van der Waals surface area contributed by atoms with E-state index < -0.39 is 0 Å². The highest BCUT2D eigenvalue weighted by Gasteiger charge is 2.14. The van der Waals surface area contributed by atoms with Crippen molar-refractivity contribution in [2.45, 2.75) is 79.8 Å². The van der Waals surface area contributed by atoms with Gasteiger partial charge in [-0.3, -0.25) is 4.79 Å². The van der Waals surface area contributed by atoms with E-state index in [9.17, 15) is 9.59 Å². The van der Waals surface area contributed by atoms with Crippen LogP contribution >= 0.6 is 0 Å². The fraction of sp³-hybridized carbons (Fsp3) is 0.900. The molecular weight excluding hydrogens is 334 g/mol. The summed E-state index contributed by atoms with van der Waals surface area (Å²) in [6.07, 6.45) is 6.36. The number of primary amides is 1. The van der Waals surface area contributed by atoms with Gasteiger partial charge in [0.2, 0.25) is 5.91 Å². The monoisotopic (exact) mass is 377 g/mol. The van der Waals surface area contributed by atoms with Crippen LogP contribution in [0.3, 0.4) is 0 Å². The van der Waals surface area contributed by atoms with Gasteiger partial charge in [0.15, 0.2) is 0 Å². The molecule has 26 heavy (non-hydrogen) atoms. The molecule has 1 aliphatic carbocycles. The molecule has 0 saturated heterocycles. The van der Waals surface area contributed by atoms with Crippen molar-refractivity contribution in [3.63, 3.8) is 0 Å². The second-order valence-corrected chi connectivity index (χ2v) is 5.89. The Hall–Kier alpha value is -0.980. The maximum absolute atomic E-state index is 10.3. The number of carbonyl (C=O) groups excluding carboxylic acids is 2. The number of rotatable bonds is 11. The lowest BCUT2D eigenvalue weighted by molar-refractivity contribution is -0.119. The summed E-state index contributed by atoms with van der Waals surface area (Å²) in [7, 11) is 0. The molecule has 1 amide bonds. The van der Waals surface area contributed by atoms with E-state index in [0.717, 1.165) is 19.1 Å². The number of hydrogen-bond donors (Lipinski definition) is 1. The molecule has 0 spiro atoms. The molecule has 1 saturated carbocycles. The molecule has 6 nitrogen and oxygen atoms in total. The van der Waals surface area contributed by atoms with Crippen LogP contribution in [-0.2, 0) is 23.8 Å². The van der Waals surface area contributed by atoms with Crippen LogP contribution in [-0.4, -0.2) is 51.3 Å². The Morgan fingerprint density at radius 3 is 1.81 bits per heavy atom. The molecule has 0 atom stereocenters. The third-order valence-corrected chi connectivity index (χ3v) is 2.89. The highest BCUT2D eigenvalue weighted by molar-refractivity contribution is 5.73. The molecule has 0 aromatic heterocycles. The Bertz CT molecular complexity index is 281. The van der Waals surface area contributed by atoms with E-state index in [1.807, 2.05) is 27.7 Å². The van der Waals surface area contributed by atoms with Crippen molar-refractivity contribution in [2.75, 3.05) is 33.0 Å². The van der Waals surface area contributed by atoms with E-state index >= 15 is 0 Å². The largest absolute Gasteiger partial charge is 0.379 e. The van der Waals surface area contributed by atoms with E-state index in [2.05, 4.69) is 13.8 Å². The third-order valence-electron chi connectivity index (χ3n) is 2.89. The van der Waals surface area contributed by atoms with Gasteiger partial charge in [-0.05, 0) is 26.7 Å². The Kier molecular flexibility index (Phi) is 30.1. The molecule has 0 aliphatic heterocycles. The Morgan fingerprint density at radius 2 is 1.50 bits per heavy atom. The van der Waals surface area contributed by atoms with E-state index in [1.165, 1.54) is 12.8 Å². The molecule has 0 unspecified atom stereocenters. The number of ether oxygens (including phenoxy) is 3. The lowest BCUT2D eigenvalue weighted by atomic mass is 9.87. The van der Waals surface area contributed by atoms with Crippen molar-refractivity contribution < 1.29 is 23.8 Å². The number of aldehydes is 1. The summed E-state index contributed by atoms with van der Waals surface area (Å²) in [5.74, 6) is 0.0891. The van der Waals surface area contributed by atoms with Crippen LogP contribution in [0, 0.1) is 5.92 Å². The van der Waals surface area contributed by atoms with Crippen molar-refractivity contribution >= 4 is 12.2 Å². The molecule has 0 aromatic rings. The fourth-order valence-electron chi connectivity index (χ4n) is 1.41. The summed E-state index contributed by atoms with van der Waals surface area (Å²) in [5, 5.41) is 0. The van der Waals surface area contributed by atoms with Gasteiger partial charge < -0.3 is 24.7 Å². The smallest absolute Gasteiger partial charge is 0.219 e. The Labute approximate surface area is 161 Å². The summed E-state index contributed by atoms with van der Waals surface area (Å²) in [4.78, 5) is 20.1. The molecule has 1 aliphatic rings. The number of amides is 1. The van der Waals surface area contributed by atoms with Crippen LogP contribution in [0.25, 0.3) is 0 Å². The zero-order valence-electron chi connectivity index (χ0n) is 17.9. The quantitative estimate of drug-likeness (QED) is 0.438. The number of carbonyl (C=O) groups is 2. The first kappa shape index (κ1) is 29.8. The molecule has 158 valence electrons. The predicted octanol–water partition coefficient (Wildman–Crippen LogP) is 3.75. The van der Waals surface area contributed by atoms with Crippen LogP contribution in [0.4, 0.5) is 0 Å². The van der Waals surface area contributed by atoms with Gasteiger partial charge in [0.25, 0.3) is 0 Å². The minimum Gasteiger partial charge on any atom is -0.379 e. The molecule has 6 heteroatoms. The third kappa shape index (κ3) is 30.9.